The van der Waals surface area contributed by atoms with Crippen LogP contribution in [0.5, 0.6) is 5.75 Å². The number of para-hydroxylation sites is 2. The van der Waals surface area contributed by atoms with E-state index >= 15 is 0 Å². The molecule has 3 aromatic carbocycles. The first kappa shape index (κ1) is 22.4. The van der Waals surface area contributed by atoms with Gasteiger partial charge in [0.25, 0.3) is 17.2 Å². The van der Waals surface area contributed by atoms with E-state index in [1.165, 1.54) is 6.07 Å². The summed E-state index contributed by atoms with van der Waals surface area (Å²) in [6.07, 6.45) is 1.56. The molecule has 0 fully saturated rings. The molecule has 2 N–H and O–H groups in total. The van der Waals surface area contributed by atoms with Crippen LogP contribution in [0.25, 0.3) is 10.9 Å². The van der Waals surface area contributed by atoms with Crippen molar-refractivity contribution in [1.29, 1.82) is 0 Å². The number of benzene rings is 3. The molecule has 0 radical (unpaired) electrons. The van der Waals surface area contributed by atoms with Crippen LogP contribution in [0.15, 0.2) is 85.1 Å². The maximum absolute atomic E-state index is 14.1. The molecule has 4 aromatic rings. The second-order valence-electron chi connectivity index (χ2n) is 6.96. The Bertz CT molecular complexity index is 1300. The Morgan fingerprint density at radius 2 is 1.82 bits per heavy atom. The number of nitrogens with zero attached hydrogens (tertiary/aromatic N) is 2. The molecule has 4 rings (SSSR count). The lowest BCUT2D eigenvalue weighted by atomic mass is 10.1. The third-order valence-corrected chi connectivity index (χ3v) is 5.51. The molecule has 1 aromatic heterocycles. The predicted molar refractivity (Wildman–Crippen MR) is 125 cm³/mol. The quantitative estimate of drug-likeness (QED) is 0.296. The Balaban J connectivity index is 1.62. The third kappa shape index (κ3) is 5.16. The number of amides is 1. The van der Waals surface area contributed by atoms with Gasteiger partial charge in [-0.2, -0.15) is 0 Å². The highest BCUT2D eigenvalue weighted by Gasteiger charge is 2.24. The van der Waals surface area contributed by atoms with Crippen molar-refractivity contribution in [3.05, 3.63) is 96.4 Å². The standard InChI is InChI=1S/C24H20FN3O4S/c25-18-11-12-21(20(16-18)24(29)27-14-15-32-19-8-2-1-3-9-19)28(33(30)31)22-10-4-6-17-7-5-13-26-23(17)22/h1-13,16H,14-15H2,(H,27,29)(H,30,31). The predicted octanol–water partition coefficient (Wildman–Crippen LogP) is 4.46. The van der Waals surface area contributed by atoms with Gasteiger partial charge in [0.1, 0.15) is 18.2 Å². The monoisotopic (exact) mass is 465 g/mol. The van der Waals surface area contributed by atoms with Gasteiger partial charge in [-0.05, 0) is 42.5 Å². The highest BCUT2D eigenvalue weighted by Crippen LogP contribution is 2.34. The number of aromatic nitrogens is 1. The molecule has 1 unspecified atom stereocenters. The van der Waals surface area contributed by atoms with Crippen molar-refractivity contribution < 1.29 is 22.7 Å². The van der Waals surface area contributed by atoms with E-state index in [1.807, 2.05) is 30.3 Å². The summed E-state index contributed by atoms with van der Waals surface area (Å²) >= 11 is -2.56. The van der Waals surface area contributed by atoms with Gasteiger partial charge in [0.15, 0.2) is 0 Å². The summed E-state index contributed by atoms with van der Waals surface area (Å²) in [5.74, 6) is -0.600. The van der Waals surface area contributed by atoms with Gasteiger partial charge in [0.05, 0.1) is 29.0 Å². The van der Waals surface area contributed by atoms with Gasteiger partial charge in [-0.1, -0.05) is 36.4 Å². The first-order valence-corrected chi connectivity index (χ1v) is 11.1. The van der Waals surface area contributed by atoms with Gasteiger partial charge in [-0.15, -0.1) is 0 Å². The lowest BCUT2D eigenvalue weighted by molar-refractivity contribution is 0.0947. The molecular weight excluding hydrogens is 445 g/mol. The van der Waals surface area contributed by atoms with Crippen LogP contribution < -0.4 is 14.4 Å². The van der Waals surface area contributed by atoms with E-state index in [4.69, 9.17) is 4.74 Å². The lowest BCUT2D eigenvalue weighted by Gasteiger charge is -2.23. The van der Waals surface area contributed by atoms with Crippen molar-refractivity contribution in [2.45, 2.75) is 0 Å². The molecule has 0 aliphatic heterocycles. The van der Waals surface area contributed by atoms with Crippen molar-refractivity contribution >= 4 is 39.5 Å². The van der Waals surface area contributed by atoms with Crippen molar-refractivity contribution in [3.8, 4) is 5.75 Å². The first-order chi connectivity index (χ1) is 16.0. The Kier molecular flexibility index (Phi) is 6.92. The SMILES string of the molecule is O=C(NCCOc1ccccc1)c1cc(F)ccc1N(c1cccc2cccnc12)S(=O)O. The molecule has 33 heavy (non-hydrogen) atoms. The van der Waals surface area contributed by atoms with Crippen LogP contribution in [0.2, 0.25) is 0 Å². The third-order valence-electron chi connectivity index (χ3n) is 4.81. The normalized spacial score (nSPS) is 11.7. The van der Waals surface area contributed by atoms with Crippen LogP contribution in [0, 0.1) is 5.82 Å². The molecule has 0 aliphatic rings. The van der Waals surface area contributed by atoms with Crippen molar-refractivity contribution in [2.24, 2.45) is 0 Å². The van der Waals surface area contributed by atoms with E-state index in [2.05, 4.69) is 10.3 Å². The van der Waals surface area contributed by atoms with E-state index in [0.717, 1.165) is 21.8 Å². The van der Waals surface area contributed by atoms with E-state index in [9.17, 15) is 17.9 Å². The number of carbonyl (C=O) groups excluding carboxylic acids is 1. The molecule has 0 aliphatic carbocycles. The topological polar surface area (TPSA) is 91.8 Å². The molecule has 0 bridgehead atoms. The Labute approximate surface area is 192 Å². The smallest absolute Gasteiger partial charge is 0.266 e. The molecule has 0 saturated carbocycles. The average Bonchev–Trinajstić information content (AvgIpc) is 2.83. The van der Waals surface area contributed by atoms with Crippen LogP contribution in [0.3, 0.4) is 0 Å². The molecule has 9 heteroatoms. The maximum Gasteiger partial charge on any atom is 0.266 e. The minimum atomic E-state index is -2.56. The lowest BCUT2D eigenvalue weighted by Crippen LogP contribution is -2.30. The average molecular weight is 466 g/mol. The van der Waals surface area contributed by atoms with Crippen LogP contribution >= 0.6 is 0 Å². The number of hydrogen-bond acceptors (Lipinski definition) is 4. The fourth-order valence-corrected chi connectivity index (χ4v) is 4.01. The van der Waals surface area contributed by atoms with Crippen molar-refractivity contribution in [3.63, 3.8) is 0 Å². The number of nitrogens with one attached hydrogen (secondary N) is 1. The first-order valence-electron chi connectivity index (χ1n) is 10.0. The van der Waals surface area contributed by atoms with E-state index < -0.39 is 23.0 Å². The van der Waals surface area contributed by atoms with E-state index in [1.54, 1.807) is 36.5 Å². The number of hydrogen-bond donors (Lipinski definition) is 2. The highest BCUT2D eigenvalue weighted by molar-refractivity contribution is 7.81. The Morgan fingerprint density at radius 1 is 1.03 bits per heavy atom. The number of rotatable bonds is 8. The molecular formula is C24H20FN3O4S. The summed E-state index contributed by atoms with van der Waals surface area (Å²) < 4.78 is 43.2. The summed E-state index contributed by atoms with van der Waals surface area (Å²) in [4.78, 5) is 17.2. The number of fused-ring (bicyclic) bond motifs is 1. The molecule has 1 atom stereocenters. The van der Waals surface area contributed by atoms with Crippen LogP contribution in [-0.2, 0) is 11.3 Å². The largest absolute Gasteiger partial charge is 0.492 e. The summed E-state index contributed by atoms with van der Waals surface area (Å²) in [6, 6.07) is 21.3. The van der Waals surface area contributed by atoms with Crippen molar-refractivity contribution in [1.82, 2.24) is 10.3 Å². The second kappa shape index (κ2) is 10.2. The zero-order valence-electron chi connectivity index (χ0n) is 17.3. The summed E-state index contributed by atoms with van der Waals surface area (Å²) in [5.41, 5.74) is 0.748. The van der Waals surface area contributed by atoms with E-state index in [0.29, 0.717) is 17.0 Å². The van der Waals surface area contributed by atoms with Gasteiger partial charge in [0.2, 0.25) is 0 Å². The van der Waals surface area contributed by atoms with Crippen molar-refractivity contribution in [2.75, 3.05) is 17.5 Å². The number of halogens is 1. The number of carbonyl (C=O) groups is 1. The molecule has 0 saturated heterocycles. The number of pyridine rings is 1. The minimum absolute atomic E-state index is 0.0665. The molecule has 1 amide bonds. The van der Waals surface area contributed by atoms with Gasteiger partial charge in [-0.3, -0.25) is 14.3 Å². The molecule has 0 spiro atoms. The highest BCUT2D eigenvalue weighted by atomic mass is 32.2. The summed E-state index contributed by atoms with van der Waals surface area (Å²) in [7, 11) is 0. The van der Waals surface area contributed by atoms with Gasteiger partial charge in [0, 0.05) is 11.6 Å². The maximum atomic E-state index is 14.1. The van der Waals surface area contributed by atoms with Gasteiger partial charge < -0.3 is 10.1 Å². The fourth-order valence-electron chi connectivity index (χ4n) is 3.36. The van der Waals surface area contributed by atoms with E-state index in [-0.39, 0.29) is 24.4 Å². The Morgan fingerprint density at radius 3 is 2.61 bits per heavy atom. The summed E-state index contributed by atoms with van der Waals surface area (Å²) in [5, 5.41) is 3.41. The van der Waals surface area contributed by atoms with Crippen LogP contribution in [-0.4, -0.2) is 32.8 Å². The van der Waals surface area contributed by atoms with Gasteiger partial charge >= 0.3 is 0 Å². The van der Waals surface area contributed by atoms with Gasteiger partial charge in [-0.25, -0.2) is 12.9 Å². The Hall–Kier alpha value is -3.82. The molecule has 7 nitrogen and oxygen atoms in total. The molecule has 1 heterocycles. The summed E-state index contributed by atoms with van der Waals surface area (Å²) in [6.45, 7) is 0.352. The minimum Gasteiger partial charge on any atom is -0.492 e. The molecule has 168 valence electrons. The zero-order valence-corrected chi connectivity index (χ0v) is 18.2. The number of ether oxygens (including phenoxy) is 1. The second-order valence-corrected chi connectivity index (χ2v) is 7.78. The van der Waals surface area contributed by atoms with Crippen LogP contribution in [0.4, 0.5) is 15.8 Å². The zero-order chi connectivity index (χ0) is 23.2. The van der Waals surface area contributed by atoms with Crippen LogP contribution in [0.1, 0.15) is 10.4 Å². The fraction of sp³-hybridized carbons (Fsp3) is 0.0833. The number of anilines is 2.